The zero-order valence-electron chi connectivity index (χ0n) is 11.1. The Morgan fingerprint density at radius 3 is 2.47 bits per heavy atom. The van der Waals surface area contributed by atoms with Crippen LogP contribution < -0.4 is 10.5 Å². The Balaban J connectivity index is 2.60. The van der Waals surface area contributed by atoms with Crippen molar-refractivity contribution >= 4 is 0 Å². The maximum atomic E-state index is 5.56. The van der Waals surface area contributed by atoms with Gasteiger partial charge in [-0.25, -0.2) is 0 Å². The van der Waals surface area contributed by atoms with Crippen LogP contribution in [0, 0.1) is 0 Å². The molecule has 0 saturated heterocycles. The van der Waals surface area contributed by atoms with Crippen molar-refractivity contribution in [3.05, 3.63) is 29.8 Å². The first-order chi connectivity index (χ1) is 8.19. The number of hydrogen-bond donors (Lipinski definition) is 1. The summed E-state index contributed by atoms with van der Waals surface area (Å²) in [4.78, 5) is 2.25. The number of nitrogens with zero attached hydrogens (tertiary/aromatic N) is 1. The van der Waals surface area contributed by atoms with Gasteiger partial charge in [0.1, 0.15) is 5.75 Å². The normalized spacial score (nSPS) is 12.8. The summed E-state index contributed by atoms with van der Waals surface area (Å²) in [5, 5.41) is 0. The van der Waals surface area contributed by atoms with Gasteiger partial charge in [-0.15, -0.1) is 0 Å². The fourth-order valence-electron chi connectivity index (χ4n) is 1.71. The van der Waals surface area contributed by atoms with E-state index in [1.165, 1.54) is 5.56 Å². The Bertz CT molecular complexity index is 311. The molecule has 0 saturated carbocycles. The number of hydrogen-bond acceptors (Lipinski definition) is 3. The van der Waals surface area contributed by atoms with E-state index in [-0.39, 0.29) is 0 Å². The van der Waals surface area contributed by atoms with Crippen molar-refractivity contribution in [3.8, 4) is 5.75 Å². The molecule has 0 aliphatic rings. The Kier molecular flexibility index (Phi) is 6.01. The molecule has 1 aromatic rings. The van der Waals surface area contributed by atoms with E-state index in [1.54, 1.807) is 0 Å². The van der Waals surface area contributed by atoms with Crippen LogP contribution in [0.4, 0.5) is 0 Å². The van der Waals surface area contributed by atoms with Crippen LogP contribution in [-0.4, -0.2) is 31.6 Å². The first-order valence-corrected chi connectivity index (χ1v) is 6.32. The van der Waals surface area contributed by atoms with Gasteiger partial charge in [0, 0.05) is 19.1 Å². The molecule has 1 atom stereocenters. The van der Waals surface area contributed by atoms with Crippen LogP contribution in [0.1, 0.15) is 31.9 Å². The van der Waals surface area contributed by atoms with E-state index in [2.05, 4.69) is 37.9 Å². The maximum Gasteiger partial charge on any atom is 0.119 e. The molecule has 0 radical (unpaired) electrons. The first-order valence-electron chi connectivity index (χ1n) is 6.32. The quantitative estimate of drug-likeness (QED) is 0.790. The third kappa shape index (κ3) is 4.36. The highest BCUT2D eigenvalue weighted by molar-refractivity contribution is 5.28. The molecule has 1 aromatic carbocycles. The van der Waals surface area contributed by atoms with E-state index >= 15 is 0 Å². The number of rotatable bonds is 7. The topological polar surface area (TPSA) is 38.5 Å². The molecule has 3 nitrogen and oxygen atoms in total. The molecule has 3 heteroatoms. The molecule has 0 aliphatic carbocycles. The van der Waals surface area contributed by atoms with Gasteiger partial charge < -0.3 is 10.5 Å². The van der Waals surface area contributed by atoms with Crippen molar-refractivity contribution in [1.82, 2.24) is 4.90 Å². The monoisotopic (exact) mass is 236 g/mol. The molecule has 0 spiro atoms. The van der Waals surface area contributed by atoms with Crippen molar-refractivity contribution in [2.24, 2.45) is 5.73 Å². The summed E-state index contributed by atoms with van der Waals surface area (Å²) >= 11 is 0. The van der Waals surface area contributed by atoms with Crippen molar-refractivity contribution in [3.63, 3.8) is 0 Å². The second kappa shape index (κ2) is 7.30. The highest BCUT2D eigenvalue weighted by atomic mass is 16.5. The van der Waals surface area contributed by atoms with Crippen LogP contribution in [0.5, 0.6) is 5.75 Å². The Morgan fingerprint density at radius 1 is 1.29 bits per heavy atom. The molecule has 0 amide bonds. The van der Waals surface area contributed by atoms with E-state index in [4.69, 9.17) is 10.5 Å². The summed E-state index contributed by atoms with van der Waals surface area (Å²) in [5.41, 5.74) is 6.86. The van der Waals surface area contributed by atoms with Crippen LogP contribution in [-0.2, 0) is 0 Å². The van der Waals surface area contributed by atoms with Crippen molar-refractivity contribution in [2.75, 3.05) is 26.7 Å². The van der Waals surface area contributed by atoms with Gasteiger partial charge in [-0.2, -0.15) is 0 Å². The summed E-state index contributed by atoms with van der Waals surface area (Å²) in [6.07, 6.45) is 1.04. The van der Waals surface area contributed by atoms with Gasteiger partial charge >= 0.3 is 0 Å². The van der Waals surface area contributed by atoms with Gasteiger partial charge in [-0.05, 0) is 38.1 Å². The SMILES string of the molecule is CCCOc1ccc(C(C)N(C)CCN)cc1. The molecule has 0 aromatic heterocycles. The molecule has 1 rings (SSSR count). The highest BCUT2D eigenvalue weighted by Gasteiger charge is 2.10. The number of ether oxygens (including phenoxy) is 1. The number of likely N-dealkylation sites (N-methyl/N-ethyl adjacent to an activating group) is 1. The number of nitrogens with two attached hydrogens (primary N) is 1. The molecule has 1 unspecified atom stereocenters. The van der Waals surface area contributed by atoms with Crippen molar-refractivity contribution in [1.29, 1.82) is 0 Å². The molecular weight excluding hydrogens is 212 g/mol. The van der Waals surface area contributed by atoms with Crippen LogP contribution in [0.15, 0.2) is 24.3 Å². The van der Waals surface area contributed by atoms with Gasteiger partial charge in [-0.1, -0.05) is 19.1 Å². The van der Waals surface area contributed by atoms with Crippen LogP contribution >= 0.6 is 0 Å². The highest BCUT2D eigenvalue weighted by Crippen LogP contribution is 2.21. The Hall–Kier alpha value is -1.06. The maximum absolute atomic E-state index is 5.56. The Labute approximate surface area is 105 Å². The summed E-state index contributed by atoms with van der Waals surface area (Å²) in [5.74, 6) is 0.948. The standard InChI is InChI=1S/C14H24N2O/c1-4-11-17-14-7-5-13(6-8-14)12(2)16(3)10-9-15/h5-8,12H,4,9-11,15H2,1-3H3. The van der Waals surface area contributed by atoms with E-state index in [0.29, 0.717) is 12.6 Å². The average Bonchev–Trinajstić information content (AvgIpc) is 2.36. The van der Waals surface area contributed by atoms with Gasteiger partial charge in [0.05, 0.1) is 6.61 Å². The van der Waals surface area contributed by atoms with E-state index in [0.717, 1.165) is 25.3 Å². The van der Waals surface area contributed by atoms with E-state index < -0.39 is 0 Å². The second-order valence-electron chi connectivity index (χ2n) is 4.36. The van der Waals surface area contributed by atoms with Crippen LogP contribution in [0.3, 0.4) is 0 Å². The molecule has 0 bridgehead atoms. The van der Waals surface area contributed by atoms with Crippen LogP contribution in [0.25, 0.3) is 0 Å². The Morgan fingerprint density at radius 2 is 1.94 bits per heavy atom. The second-order valence-corrected chi connectivity index (χ2v) is 4.36. The lowest BCUT2D eigenvalue weighted by atomic mass is 10.1. The summed E-state index contributed by atoms with van der Waals surface area (Å²) in [6, 6.07) is 8.72. The molecule has 17 heavy (non-hydrogen) atoms. The molecule has 0 fully saturated rings. The van der Waals surface area contributed by atoms with Crippen LogP contribution in [0.2, 0.25) is 0 Å². The van der Waals surface area contributed by atoms with E-state index in [1.807, 2.05) is 12.1 Å². The number of benzene rings is 1. The zero-order valence-corrected chi connectivity index (χ0v) is 11.1. The predicted octanol–water partition coefficient (Wildman–Crippen LogP) is 2.43. The third-order valence-electron chi connectivity index (χ3n) is 2.98. The lowest BCUT2D eigenvalue weighted by Crippen LogP contribution is -2.28. The molecular formula is C14H24N2O. The fourth-order valence-corrected chi connectivity index (χ4v) is 1.71. The smallest absolute Gasteiger partial charge is 0.119 e. The molecule has 2 N–H and O–H groups in total. The first kappa shape index (κ1) is 14.0. The van der Waals surface area contributed by atoms with Crippen molar-refractivity contribution < 1.29 is 4.74 Å². The van der Waals surface area contributed by atoms with Gasteiger partial charge in [0.15, 0.2) is 0 Å². The lowest BCUT2D eigenvalue weighted by Gasteiger charge is -2.24. The fraction of sp³-hybridized carbons (Fsp3) is 0.571. The average molecular weight is 236 g/mol. The zero-order chi connectivity index (χ0) is 12.7. The van der Waals surface area contributed by atoms with Gasteiger partial charge in [0.2, 0.25) is 0 Å². The van der Waals surface area contributed by atoms with Gasteiger partial charge in [0.25, 0.3) is 0 Å². The summed E-state index contributed by atoms with van der Waals surface area (Å²) in [6.45, 7) is 6.69. The summed E-state index contributed by atoms with van der Waals surface area (Å²) < 4.78 is 5.56. The molecule has 96 valence electrons. The third-order valence-corrected chi connectivity index (χ3v) is 2.98. The van der Waals surface area contributed by atoms with Gasteiger partial charge in [-0.3, -0.25) is 4.90 Å². The van der Waals surface area contributed by atoms with Crippen molar-refractivity contribution in [2.45, 2.75) is 26.3 Å². The minimum absolute atomic E-state index is 0.388. The molecule has 0 aliphatic heterocycles. The predicted molar refractivity (Wildman–Crippen MR) is 72.3 cm³/mol. The molecule has 0 heterocycles. The minimum Gasteiger partial charge on any atom is -0.494 e. The lowest BCUT2D eigenvalue weighted by molar-refractivity contribution is 0.268. The van der Waals surface area contributed by atoms with E-state index in [9.17, 15) is 0 Å². The largest absolute Gasteiger partial charge is 0.494 e. The summed E-state index contributed by atoms with van der Waals surface area (Å²) in [7, 11) is 2.10. The minimum atomic E-state index is 0.388.